The molecule has 8 atom stereocenters. The van der Waals surface area contributed by atoms with Crippen LogP contribution < -0.4 is 64.2 Å². The highest BCUT2D eigenvalue weighted by Gasteiger charge is 2.35. The Kier molecular flexibility index (Phi) is 29.5. The van der Waals surface area contributed by atoms with Gasteiger partial charge in [0.25, 0.3) is 0 Å². The van der Waals surface area contributed by atoms with E-state index in [4.69, 9.17) is 15.2 Å². The number of nitrogens with two attached hydrogens (primary N) is 1. The van der Waals surface area contributed by atoms with Crippen LogP contribution in [0.4, 0.5) is 9.59 Å². The van der Waals surface area contributed by atoms with E-state index in [9.17, 15) is 62.6 Å². The van der Waals surface area contributed by atoms with Crippen LogP contribution in [-0.4, -0.2) is 172 Å². The largest absolute Gasteiger partial charge is 0.480 e. The van der Waals surface area contributed by atoms with E-state index < -0.39 is 137 Å². The Balaban J connectivity index is 6.41. The topological polar surface area (TPSA) is 402 Å². The van der Waals surface area contributed by atoms with Crippen LogP contribution in [0, 0.1) is 11.8 Å². The molecule has 11 amide bonds. The van der Waals surface area contributed by atoms with E-state index in [2.05, 4.69) is 58.5 Å². The number of carboxylic acids is 1. The maximum absolute atomic E-state index is 13.9. The Hall–Kier alpha value is -6.10. The molecule has 0 saturated carbocycles. The Morgan fingerprint density at radius 1 is 0.466 bits per heavy atom. The molecular formula is C44H78N12O15S2. The first-order valence-electron chi connectivity index (χ1n) is 23.2. The predicted octanol–water partition coefficient (Wildman–Crippen LogP) is -2.15. The molecule has 73 heavy (non-hydrogen) atoms. The van der Waals surface area contributed by atoms with Crippen LogP contribution in [0.1, 0.15) is 96.9 Å². The maximum Gasteiger partial charge on any atom is 0.408 e. The minimum absolute atomic E-state index is 0.0265. The third-order valence-electron chi connectivity index (χ3n) is 9.39. The highest BCUT2D eigenvalue weighted by atomic mass is 32.2. The summed E-state index contributed by atoms with van der Waals surface area (Å²) >= 11 is 2.09. The molecule has 0 fully saturated rings. The van der Waals surface area contributed by atoms with Gasteiger partial charge in [-0.1, -0.05) is 27.7 Å². The predicted molar refractivity (Wildman–Crippen MR) is 271 cm³/mol. The number of hydrogen-bond donors (Lipinski definition) is 13. The molecule has 0 saturated heterocycles. The number of thioether (sulfide) groups is 2. The molecule has 0 aliphatic carbocycles. The lowest BCUT2D eigenvalue weighted by Gasteiger charge is -2.28. The first-order chi connectivity index (χ1) is 33.6. The van der Waals surface area contributed by atoms with Crippen molar-refractivity contribution in [1.29, 1.82) is 0 Å². The van der Waals surface area contributed by atoms with Gasteiger partial charge >= 0.3 is 18.2 Å². The minimum Gasteiger partial charge on any atom is -0.480 e. The number of aliphatic carboxylic acids is 1. The number of rotatable bonds is 29. The lowest BCUT2D eigenvalue weighted by molar-refractivity contribution is -0.143. The van der Waals surface area contributed by atoms with E-state index in [0.717, 1.165) is 23.5 Å². The summed E-state index contributed by atoms with van der Waals surface area (Å²) in [5, 5.41) is 36.7. The van der Waals surface area contributed by atoms with E-state index in [-0.39, 0.29) is 41.6 Å². The van der Waals surface area contributed by atoms with Gasteiger partial charge in [0.2, 0.25) is 53.2 Å². The fraction of sp³-hybridized carbons (Fsp3) is 0.727. The summed E-state index contributed by atoms with van der Waals surface area (Å²) in [5.74, 6) is -9.61. The zero-order chi connectivity index (χ0) is 56.6. The third kappa shape index (κ3) is 28.7. The van der Waals surface area contributed by atoms with Crippen LogP contribution in [0.25, 0.3) is 0 Å². The number of amides is 11. The molecule has 0 aliphatic heterocycles. The van der Waals surface area contributed by atoms with Gasteiger partial charge < -0.3 is 78.8 Å². The van der Waals surface area contributed by atoms with Crippen LogP contribution in [0.3, 0.4) is 0 Å². The van der Waals surface area contributed by atoms with E-state index >= 15 is 0 Å². The van der Waals surface area contributed by atoms with E-state index in [1.54, 1.807) is 69.2 Å². The van der Waals surface area contributed by atoms with Gasteiger partial charge in [-0.25, -0.2) is 14.4 Å². The number of alkyl carbamates (subject to hydrolysis) is 2. The smallest absolute Gasteiger partial charge is 0.408 e. The molecule has 0 radical (unpaired) electrons. The number of nitrogens with one attached hydrogen (secondary N) is 11. The normalized spacial score (nSPS) is 14.6. The van der Waals surface area contributed by atoms with Gasteiger partial charge in [-0.3, -0.25) is 43.2 Å². The summed E-state index contributed by atoms with van der Waals surface area (Å²) in [7, 11) is 0. The first-order valence-corrected chi connectivity index (χ1v) is 25.6. The molecule has 0 bridgehead atoms. The average Bonchev–Trinajstić information content (AvgIpc) is 3.24. The molecule has 416 valence electrons. The van der Waals surface area contributed by atoms with Crippen molar-refractivity contribution in [3.63, 3.8) is 0 Å². The Morgan fingerprint density at radius 3 is 1.16 bits per heavy atom. The molecule has 0 aromatic carbocycles. The van der Waals surface area contributed by atoms with Crippen molar-refractivity contribution < 1.29 is 72.1 Å². The minimum atomic E-state index is -1.63. The van der Waals surface area contributed by atoms with Gasteiger partial charge in [0.15, 0.2) is 0 Å². The molecule has 0 heterocycles. The lowest BCUT2D eigenvalue weighted by Crippen LogP contribution is -2.61. The molecule has 0 aromatic heterocycles. The van der Waals surface area contributed by atoms with Crippen LogP contribution >= 0.6 is 23.5 Å². The molecular weight excluding hydrogens is 1000 g/mol. The summed E-state index contributed by atoms with van der Waals surface area (Å²) < 4.78 is 10.5. The van der Waals surface area contributed by atoms with Crippen molar-refractivity contribution in [2.24, 2.45) is 17.6 Å². The standard InChI is InChI=1S/C44H78N12O15S2/c1-21(2)31(55-37(63)29(17-72-19-47-25(7)57)51-33(59)23(5)49-35(61)27(15-45)53-41(68)70-43(9,10)11)39(65)46-16-28(54-42(69)71-44(12,13)14)36(62)50-24(6)34(60)52-30(18-73-20-48-26(8)58)38(64)56-32(22(3)4)40(66)67/h21-24,27-32H,15-20,45H2,1-14H3,(H,46,65)(H,47,57)(H,48,58)(H,49,61)(H,50,62)(H,51,59)(H,52,60)(H,53,68)(H,54,69)(H,55,63)(H,56,64)(H,66,67)/t23-,24-,27+,28+,29-,30-,31-,32-/m0/s1. The van der Waals surface area contributed by atoms with Crippen molar-refractivity contribution in [2.75, 3.05) is 36.3 Å². The zero-order valence-electron chi connectivity index (χ0n) is 44.1. The Morgan fingerprint density at radius 2 is 0.822 bits per heavy atom. The number of carboxylic acid groups (broad SMARTS) is 1. The van der Waals surface area contributed by atoms with Gasteiger partial charge in [-0.15, -0.1) is 23.5 Å². The molecule has 0 rings (SSSR count). The second-order valence-electron chi connectivity index (χ2n) is 19.3. The molecule has 0 unspecified atom stereocenters. The van der Waals surface area contributed by atoms with Crippen molar-refractivity contribution in [2.45, 2.75) is 156 Å². The Labute approximate surface area is 434 Å². The fourth-order valence-electron chi connectivity index (χ4n) is 5.59. The van der Waals surface area contributed by atoms with Crippen molar-refractivity contribution >= 4 is 94.8 Å². The van der Waals surface area contributed by atoms with Gasteiger partial charge in [-0.05, 0) is 67.2 Å². The van der Waals surface area contributed by atoms with E-state index in [0.29, 0.717) is 0 Å². The van der Waals surface area contributed by atoms with Crippen molar-refractivity contribution in [3.05, 3.63) is 0 Å². The van der Waals surface area contributed by atoms with E-state index in [1.165, 1.54) is 27.7 Å². The monoisotopic (exact) mass is 1080 g/mol. The van der Waals surface area contributed by atoms with Gasteiger partial charge in [0, 0.05) is 38.4 Å². The SMILES string of the molecule is CC(=O)NCSC[C@H](NC(=O)[C@H](C)NC(=O)[C@@H](CNC(=O)[C@@H](NC(=O)[C@H](CSCNC(C)=O)NC(=O)[C@H](C)NC(=O)[C@@H](CN)NC(=O)OC(C)(C)C)C(C)C)NC(=O)OC(C)(C)C)C(=O)N[C@H](C(=O)O)C(C)C. The van der Waals surface area contributed by atoms with Crippen LogP contribution in [0.2, 0.25) is 0 Å². The number of hydrogen-bond acceptors (Lipinski definition) is 17. The number of ether oxygens (including phenoxy) is 2. The summed E-state index contributed by atoms with van der Waals surface area (Å²) in [6.45, 7) is 20.0. The zero-order valence-corrected chi connectivity index (χ0v) is 45.7. The summed E-state index contributed by atoms with van der Waals surface area (Å²) in [4.78, 5) is 155. The van der Waals surface area contributed by atoms with Crippen molar-refractivity contribution in [3.8, 4) is 0 Å². The summed E-state index contributed by atoms with van der Waals surface area (Å²) in [6.07, 6.45) is -2.01. The summed E-state index contributed by atoms with van der Waals surface area (Å²) in [6, 6.07) is -11.0. The van der Waals surface area contributed by atoms with Crippen LogP contribution in [-0.2, 0) is 57.4 Å². The maximum atomic E-state index is 13.9. The molecule has 14 N–H and O–H groups in total. The second-order valence-corrected chi connectivity index (χ2v) is 21.3. The van der Waals surface area contributed by atoms with Gasteiger partial charge in [-0.2, -0.15) is 0 Å². The third-order valence-corrected chi connectivity index (χ3v) is 11.2. The van der Waals surface area contributed by atoms with Gasteiger partial charge in [0.05, 0.1) is 11.8 Å². The highest BCUT2D eigenvalue weighted by molar-refractivity contribution is 7.99. The number of carbonyl (C=O) groups is 12. The fourth-order valence-corrected chi connectivity index (χ4v) is 7.37. The lowest BCUT2D eigenvalue weighted by atomic mass is 10.0. The quantitative estimate of drug-likeness (QED) is 0.0280. The van der Waals surface area contributed by atoms with Crippen molar-refractivity contribution in [1.82, 2.24) is 58.5 Å². The molecule has 0 spiro atoms. The molecule has 29 heteroatoms. The second kappa shape index (κ2) is 32.2. The highest BCUT2D eigenvalue weighted by Crippen LogP contribution is 2.11. The summed E-state index contributed by atoms with van der Waals surface area (Å²) in [5.41, 5.74) is 3.77. The molecule has 27 nitrogen and oxygen atoms in total. The van der Waals surface area contributed by atoms with Crippen LogP contribution in [0.15, 0.2) is 0 Å². The average molecular weight is 1080 g/mol. The Bertz CT molecular complexity index is 1950. The van der Waals surface area contributed by atoms with E-state index in [1.807, 2.05) is 0 Å². The van der Waals surface area contributed by atoms with Gasteiger partial charge in [0.1, 0.15) is 59.5 Å². The number of carbonyl (C=O) groups excluding carboxylic acids is 11. The first kappa shape index (κ1) is 66.9. The van der Waals surface area contributed by atoms with Crippen LogP contribution in [0.5, 0.6) is 0 Å². The molecule has 0 aliphatic rings. The molecule has 0 aromatic rings.